The normalized spacial score (nSPS) is 10.8. The fourth-order valence-corrected chi connectivity index (χ4v) is 3.04. The predicted octanol–water partition coefficient (Wildman–Crippen LogP) is 4.38. The third-order valence-electron chi connectivity index (χ3n) is 3.31. The maximum atomic E-state index is 13.9. The highest BCUT2D eigenvalue weighted by molar-refractivity contribution is 7.13. The van der Waals surface area contributed by atoms with Crippen molar-refractivity contribution in [1.82, 2.24) is 4.98 Å². The quantitative estimate of drug-likeness (QED) is 0.779. The second kappa shape index (κ2) is 5.76. The van der Waals surface area contributed by atoms with E-state index >= 15 is 0 Å². The second-order valence-corrected chi connectivity index (χ2v) is 5.78. The largest absolute Gasteiger partial charge is 0.326 e. The van der Waals surface area contributed by atoms with Gasteiger partial charge in [0, 0.05) is 23.1 Å². The summed E-state index contributed by atoms with van der Waals surface area (Å²) in [5.74, 6) is -0.239. The highest BCUT2D eigenvalue weighted by Gasteiger charge is 2.11. The van der Waals surface area contributed by atoms with Gasteiger partial charge in [-0.2, -0.15) is 0 Å². The van der Waals surface area contributed by atoms with Crippen LogP contribution >= 0.6 is 11.3 Å². The molecule has 2 aromatic carbocycles. The SMILES string of the molecule is Cc1ccc(F)c(-c2nc(-c3cccc(CN)c3)cs2)c1. The van der Waals surface area contributed by atoms with Gasteiger partial charge in [-0.3, -0.25) is 0 Å². The Balaban J connectivity index is 2.01. The average molecular weight is 298 g/mol. The number of aryl methyl sites for hydroxylation is 1. The van der Waals surface area contributed by atoms with E-state index in [4.69, 9.17) is 5.73 Å². The molecular formula is C17H15FN2S. The number of nitrogens with zero attached hydrogens (tertiary/aromatic N) is 1. The van der Waals surface area contributed by atoms with Gasteiger partial charge in [0.15, 0.2) is 0 Å². The number of aromatic nitrogens is 1. The Morgan fingerprint density at radius 1 is 1.19 bits per heavy atom. The Morgan fingerprint density at radius 3 is 2.86 bits per heavy atom. The molecule has 0 amide bonds. The van der Waals surface area contributed by atoms with Crippen molar-refractivity contribution in [2.75, 3.05) is 0 Å². The maximum absolute atomic E-state index is 13.9. The molecule has 0 aliphatic carbocycles. The minimum Gasteiger partial charge on any atom is -0.326 e. The van der Waals surface area contributed by atoms with Crippen LogP contribution in [0.1, 0.15) is 11.1 Å². The van der Waals surface area contributed by atoms with Gasteiger partial charge in [-0.05, 0) is 30.7 Å². The molecule has 3 aromatic rings. The Bertz CT molecular complexity index is 780. The number of rotatable bonds is 3. The molecule has 1 heterocycles. The molecule has 21 heavy (non-hydrogen) atoms. The molecule has 0 saturated carbocycles. The number of benzene rings is 2. The van der Waals surface area contributed by atoms with Gasteiger partial charge >= 0.3 is 0 Å². The highest BCUT2D eigenvalue weighted by atomic mass is 32.1. The van der Waals surface area contributed by atoms with E-state index in [0.29, 0.717) is 17.1 Å². The number of hydrogen-bond acceptors (Lipinski definition) is 3. The first kappa shape index (κ1) is 13.9. The molecule has 0 radical (unpaired) electrons. The van der Waals surface area contributed by atoms with E-state index in [2.05, 4.69) is 4.98 Å². The first-order chi connectivity index (χ1) is 10.2. The molecule has 0 unspecified atom stereocenters. The van der Waals surface area contributed by atoms with Crippen LogP contribution in [0.5, 0.6) is 0 Å². The van der Waals surface area contributed by atoms with Gasteiger partial charge < -0.3 is 5.73 Å². The van der Waals surface area contributed by atoms with Crippen LogP contribution in [0.3, 0.4) is 0 Å². The van der Waals surface area contributed by atoms with Crippen molar-refractivity contribution in [2.45, 2.75) is 13.5 Å². The van der Waals surface area contributed by atoms with Gasteiger partial charge in [-0.25, -0.2) is 9.37 Å². The zero-order valence-corrected chi connectivity index (χ0v) is 12.5. The van der Waals surface area contributed by atoms with Gasteiger partial charge in [0.2, 0.25) is 0 Å². The van der Waals surface area contributed by atoms with Crippen molar-refractivity contribution in [3.8, 4) is 21.8 Å². The van der Waals surface area contributed by atoms with E-state index in [9.17, 15) is 4.39 Å². The fraction of sp³-hybridized carbons (Fsp3) is 0.118. The molecule has 3 rings (SSSR count). The van der Waals surface area contributed by atoms with Crippen LogP contribution in [0, 0.1) is 12.7 Å². The average Bonchev–Trinajstić information content (AvgIpc) is 2.99. The molecule has 0 saturated heterocycles. The summed E-state index contributed by atoms with van der Waals surface area (Å²) in [7, 11) is 0. The smallest absolute Gasteiger partial charge is 0.133 e. The molecule has 0 bridgehead atoms. The number of nitrogens with two attached hydrogens (primary N) is 1. The molecule has 0 aliphatic heterocycles. The lowest BCUT2D eigenvalue weighted by Crippen LogP contribution is -1.95. The van der Waals surface area contributed by atoms with Gasteiger partial charge in [-0.1, -0.05) is 29.8 Å². The summed E-state index contributed by atoms with van der Waals surface area (Å²) in [5.41, 5.74) is 10.2. The zero-order chi connectivity index (χ0) is 14.8. The van der Waals surface area contributed by atoms with Gasteiger partial charge in [0.1, 0.15) is 10.8 Å². The summed E-state index contributed by atoms with van der Waals surface area (Å²) in [6, 6.07) is 13.0. The van der Waals surface area contributed by atoms with Crippen molar-refractivity contribution in [1.29, 1.82) is 0 Å². The van der Waals surface area contributed by atoms with E-state index < -0.39 is 0 Å². The van der Waals surface area contributed by atoms with Gasteiger partial charge in [0.25, 0.3) is 0 Å². The first-order valence-corrected chi connectivity index (χ1v) is 7.57. The van der Waals surface area contributed by atoms with E-state index in [0.717, 1.165) is 22.4 Å². The van der Waals surface area contributed by atoms with Gasteiger partial charge in [-0.15, -0.1) is 11.3 Å². The number of hydrogen-bond donors (Lipinski definition) is 1. The molecule has 4 heteroatoms. The Kier molecular flexibility index (Phi) is 3.82. The fourth-order valence-electron chi connectivity index (χ4n) is 2.19. The molecule has 2 N–H and O–H groups in total. The second-order valence-electron chi connectivity index (χ2n) is 4.93. The monoisotopic (exact) mass is 298 g/mol. The van der Waals surface area contributed by atoms with Crippen molar-refractivity contribution in [3.05, 3.63) is 64.8 Å². The summed E-state index contributed by atoms with van der Waals surface area (Å²) in [6.45, 7) is 2.44. The molecule has 106 valence electrons. The topological polar surface area (TPSA) is 38.9 Å². The summed E-state index contributed by atoms with van der Waals surface area (Å²) < 4.78 is 13.9. The Labute approximate surface area is 127 Å². The molecule has 0 atom stereocenters. The molecule has 0 spiro atoms. The third-order valence-corrected chi connectivity index (χ3v) is 4.19. The van der Waals surface area contributed by atoms with Crippen LogP contribution in [-0.2, 0) is 6.54 Å². The number of thiazole rings is 1. The van der Waals surface area contributed by atoms with E-state index in [-0.39, 0.29) is 5.82 Å². The summed E-state index contributed by atoms with van der Waals surface area (Å²) in [6.07, 6.45) is 0. The van der Waals surface area contributed by atoms with Crippen LogP contribution < -0.4 is 5.73 Å². The van der Waals surface area contributed by atoms with Crippen LogP contribution in [0.15, 0.2) is 47.8 Å². The minimum absolute atomic E-state index is 0.239. The molecule has 2 nitrogen and oxygen atoms in total. The highest BCUT2D eigenvalue weighted by Crippen LogP contribution is 2.31. The first-order valence-electron chi connectivity index (χ1n) is 6.69. The molecular weight excluding hydrogens is 283 g/mol. The van der Waals surface area contributed by atoms with Crippen molar-refractivity contribution >= 4 is 11.3 Å². The lowest BCUT2D eigenvalue weighted by atomic mass is 10.1. The number of halogens is 1. The zero-order valence-electron chi connectivity index (χ0n) is 11.6. The standard InChI is InChI=1S/C17H15FN2S/c1-11-5-6-15(18)14(7-11)17-20-16(10-21-17)13-4-2-3-12(8-13)9-19/h2-8,10H,9,19H2,1H3. The molecule has 0 aliphatic rings. The lowest BCUT2D eigenvalue weighted by molar-refractivity contribution is 0.631. The van der Waals surface area contributed by atoms with Crippen LogP contribution in [0.25, 0.3) is 21.8 Å². The van der Waals surface area contributed by atoms with Crippen molar-refractivity contribution in [2.24, 2.45) is 5.73 Å². The van der Waals surface area contributed by atoms with E-state index in [1.54, 1.807) is 6.07 Å². The summed E-state index contributed by atoms with van der Waals surface area (Å²) >= 11 is 1.45. The minimum atomic E-state index is -0.239. The molecule has 1 aromatic heterocycles. The maximum Gasteiger partial charge on any atom is 0.133 e. The van der Waals surface area contributed by atoms with E-state index in [1.165, 1.54) is 17.4 Å². The Morgan fingerprint density at radius 2 is 2.05 bits per heavy atom. The summed E-state index contributed by atoms with van der Waals surface area (Å²) in [5, 5.41) is 2.65. The van der Waals surface area contributed by atoms with Crippen LogP contribution in [0.4, 0.5) is 4.39 Å². The Hall–Kier alpha value is -2.04. The van der Waals surface area contributed by atoms with E-state index in [1.807, 2.05) is 42.6 Å². The lowest BCUT2D eigenvalue weighted by Gasteiger charge is -2.02. The molecule has 0 fully saturated rings. The van der Waals surface area contributed by atoms with Crippen molar-refractivity contribution < 1.29 is 4.39 Å². The van der Waals surface area contributed by atoms with Crippen LogP contribution in [0.2, 0.25) is 0 Å². The predicted molar refractivity (Wildman–Crippen MR) is 85.6 cm³/mol. The third kappa shape index (κ3) is 2.86. The van der Waals surface area contributed by atoms with Crippen LogP contribution in [-0.4, -0.2) is 4.98 Å². The van der Waals surface area contributed by atoms with Crippen molar-refractivity contribution in [3.63, 3.8) is 0 Å². The summed E-state index contributed by atoms with van der Waals surface area (Å²) in [4.78, 5) is 4.57. The van der Waals surface area contributed by atoms with Gasteiger partial charge in [0.05, 0.1) is 5.69 Å².